The van der Waals surface area contributed by atoms with Gasteiger partial charge in [-0.15, -0.1) is 0 Å². The Bertz CT molecular complexity index is 1000. The molecular formula is C23H25N3O5. The molecule has 2 aromatic rings. The molecule has 8 heteroatoms. The van der Waals surface area contributed by atoms with Crippen molar-refractivity contribution in [1.82, 2.24) is 10.2 Å². The predicted octanol–water partition coefficient (Wildman–Crippen LogP) is 1.83. The van der Waals surface area contributed by atoms with Gasteiger partial charge in [0.25, 0.3) is 5.91 Å². The molecular weight excluding hydrogens is 398 g/mol. The van der Waals surface area contributed by atoms with Crippen molar-refractivity contribution in [3.63, 3.8) is 0 Å². The van der Waals surface area contributed by atoms with Crippen molar-refractivity contribution in [3.8, 4) is 11.5 Å². The number of rotatable bonds is 5. The van der Waals surface area contributed by atoms with Crippen LogP contribution in [0.3, 0.4) is 0 Å². The minimum absolute atomic E-state index is 0.0701. The van der Waals surface area contributed by atoms with E-state index in [4.69, 9.17) is 9.47 Å². The van der Waals surface area contributed by atoms with Gasteiger partial charge in [0.1, 0.15) is 13.2 Å². The molecule has 1 fully saturated rings. The molecule has 0 aliphatic carbocycles. The second-order valence-corrected chi connectivity index (χ2v) is 7.85. The maximum Gasteiger partial charge on any atom is 0.253 e. The number of anilines is 1. The van der Waals surface area contributed by atoms with Crippen molar-refractivity contribution in [2.45, 2.75) is 13.0 Å². The smallest absolute Gasteiger partial charge is 0.253 e. The van der Waals surface area contributed by atoms with Crippen LogP contribution < -0.4 is 19.7 Å². The van der Waals surface area contributed by atoms with Crippen LogP contribution in [0.2, 0.25) is 0 Å². The summed E-state index contributed by atoms with van der Waals surface area (Å²) in [5.41, 5.74) is 2.18. The van der Waals surface area contributed by atoms with Crippen LogP contribution in [-0.4, -0.2) is 56.5 Å². The predicted molar refractivity (Wildman–Crippen MR) is 114 cm³/mol. The van der Waals surface area contributed by atoms with Crippen LogP contribution in [0.15, 0.2) is 42.5 Å². The summed E-state index contributed by atoms with van der Waals surface area (Å²) in [4.78, 5) is 40.3. The number of fused-ring (bicyclic) bond motifs is 1. The zero-order valence-corrected chi connectivity index (χ0v) is 17.6. The molecule has 162 valence electrons. The van der Waals surface area contributed by atoms with Crippen molar-refractivity contribution in [2.75, 3.05) is 38.8 Å². The molecule has 4 rings (SSSR count). The number of carbonyl (C=O) groups excluding carboxylic acids is 3. The van der Waals surface area contributed by atoms with Crippen LogP contribution in [0, 0.1) is 5.92 Å². The molecule has 1 atom stereocenters. The SMILES string of the molecule is CN(C)C(=O)c1ccc(CNC(=O)C2CC(=O)N(c3ccc4c(c3)OCCO4)C2)cc1. The van der Waals surface area contributed by atoms with Gasteiger partial charge in [-0.25, -0.2) is 0 Å². The van der Waals surface area contributed by atoms with Crippen LogP contribution >= 0.6 is 0 Å². The van der Waals surface area contributed by atoms with Gasteiger partial charge in [0, 0.05) is 50.9 Å². The Balaban J connectivity index is 1.35. The van der Waals surface area contributed by atoms with E-state index in [-0.39, 0.29) is 24.1 Å². The van der Waals surface area contributed by atoms with Gasteiger partial charge in [0.2, 0.25) is 11.8 Å². The molecule has 0 bridgehead atoms. The average molecular weight is 423 g/mol. The van der Waals surface area contributed by atoms with Crippen molar-refractivity contribution in [1.29, 1.82) is 0 Å². The standard InChI is InChI=1S/C23H25N3O5/c1-25(2)23(29)16-5-3-15(4-6-16)13-24-22(28)17-11-21(27)26(14-17)18-7-8-19-20(12-18)31-10-9-30-19/h3-8,12,17H,9-11,13-14H2,1-2H3,(H,24,28). The topological polar surface area (TPSA) is 88.2 Å². The maximum atomic E-state index is 12.6. The summed E-state index contributed by atoms with van der Waals surface area (Å²) >= 11 is 0. The van der Waals surface area contributed by atoms with E-state index in [2.05, 4.69) is 5.32 Å². The molecule has 0 saturated carbocycles. The number of benzene rings is 2. The van der Waals surface area contributed by atoms with Crippen molar-refractivity contribution in [2.24, 2.45) is 5.92 Å². The highest BCUT2D eigenvalue weighted by molar-refractivity contribution is 6.00. The Labute approximate surface area is 180 Å². The Morgan fingerprint density at radius 1 is 1.06 bits per heavy atom. The highest BCUT2D eigenvalue weighted by Gasteiger charge is 2.35. The first kappa shape index (κ1) is 20.7. The summed E-state index contributed by atoms with van der Waals surface area (Å²) in [7, 11) is 3.40. The lowest BCUT2D eigenvalue weighted by molar-refractivity contribution is -0.126. The van der Waals surface area contributed by atoms with Gasteiger partial charge in [0.05, 0.1) is 5.92 Å². The third-order valence-corrected chi connectivity index (χ3v) is 5.41. The van der Waals surface area contributed by atoms with Crippen molar-refractivity contribution in [3.05, 3.63) is 53.6 Å². The van der Waals surface area contributed by atoms with E-state index >= 15 is 0 Å². The second-order valence-electron chi connectivity index (χ2n) is 7.85. The molecule has 3 amide bonds. The van der Waals surface area contributed by atoms with Crippen LogP contribution in [0.5, 0.6) is 11.5 Å². The normalized spacial score (nSPS) is 17.4. The highest BCUT2D eigenvalue weighted by Crippen LogP contribution is 2.36. The van der Waals surface area contributed by atoms with Crippen LogP contribution in [-0.2, 0) is 16.1 Å². The Hall–Kier alpha value is -3.55. The molecule has 31 heavy (non-hydrogen) atoms. The molecule has 1 unspecified atom stereocenters. The lowest BCUT2D eigenvalue weighted by atomic mass is 10.1. The molecule has 0 radical (unpaired) electrons. The minimum atomic E-state index is -0.421. The van der Waals surface area contributed by atoms with Gasteiger partial charge in [0.15, 0.2) is 11.5 Å². The van der Waals surface area contributed by atoms with Gasteiger partial charge in [-0.3, -0.25) is 14.4 Å². The number of amides is 3. The van der Waals surface area contributed by atoms with Crippen LogP contribution in [0.25, 0.3) is 0 Å². The lowest BCUT2D eigenvalue weighted by Gasteiger charge is -2.22. The molecule has 8 nitrogen and oxygen atoms in total. The number of nitrogens with one attached hydrogen (secondary N) is 1. The molecule has 0 aromatic heterocycles. The first-order chi connectivity index (χ1) is 14.9. The fraction of sp³-hybridized carbons (Fsp3) is 0.348. The molecule has 2 aliphatic rings. The van der Waals surface area contributed by atoms with Crippen LogP contribution in [0.1, 0.15) is 22.3 Å². The number of carbonyl (C=O) groups is 3. The van der Waals surface area contributed by atoms with E-state index in [1.54, 1.807) is 43.3 Å². The average Bonchev–Trinajstić information content (AvgIpc) is 3.18. The summed E-state index contributed by atoms with van der Waals surface area (Å²) in [5, 5.41) is 2.90. The Morgan fingerprint density at radius 2 is 1.77 bits per heavy atom. The van der Waals surface area contributed by atoms with E-state index in [1.165, 1.54) is 4.90 Å². The van der Waals surface area contributed by atoms with E-state index < -0.39 is 5.92 Å². The summed E-state index contributed by atoms with van der Waals surface area (Å²) in [6.45, 7) is 1.64. The quantitative estimate of drug-likeness (QED) is 0.793. The summed E-state index contributed by atoms with van der Waals surface area (Å²) < 4.78 is 11.1. The number of hydrogen-bond acceptors (Lipinski definition) is 5. The molecule has 2 aromatic carbocycles. The van der Waals surface area contributed by atoms with E-state index in [0.717, 1.165) is 5.56 Å². The molecule has 2 aliphatic heterocycles. The molecule has 1 N–H and O–H groups in total. The summed E-state index contributed by atoms with van der Waals surface area (Å²) in [6.07, 6.45) is 0.163. The highest BCUT2D eigenvalue weighted by atomic mass is 16.6. The third-order valence-electron chi connectivity index (χ3n) is 5.41. The van der Waals surface area contributed by atoms with Gasteiger partial charge in [-0.1, -0.05) is 12.1 Å². The number of nitrogens with zero attached hydrogens (tertiary/aromatic N) is 2. The maximum absolute atomic E-state index is 12.6. The molecule has 1 saturated heterocycles. The van der Waals surface area contributed by atoms with E-state index in [1.807, 2.05) is 18.2 Å². The molecule has 0 spiro atoms. The first-order valence-corrected chi connectivity index (χ1v) is 10.2. The fourth-order valence-corrected chi connectivity index (χ4v) is 3.69. The largest absolute Gasteiger partial charge is 0.486 e. The number of ether oxygens (including phenoxy) is 2. The zero-order valence-electron chi connectivity index (χ0n) is 17.6. The first-order valence-electron chi connectivity index (χ1n) is 10.2. The lowest BCUT2D eigenvalue weighted by Crippen LogP contribution is -2.32. The van der Waals surface area contributed by atoms with E-state index in [9.17, 15) is 14.4 Å². The van der Waals surface area contributed by atoms with Gasteiger partial charge >= 0.3 is 0 Å². The van der Waals surface area contributed by atoms with Crippen molar-refractivity contribution < 1.29 is 23.9 Å². The fourth-order valence-electron chi connectivity index (χ4n) is 3.69. The summed E-state index contributed by atoms with van der Waals surface area (Å²) in [5.74, 6) is 0.523. The monoisotopic (exact) mass is 423 g/mol. The van der Waals surface area contributed by atoms with Crippen LogP contribution in [0.4, 0.5) is 5.69 Å². The van der Waals surface area contributed by atoms with Gasteiger partial charge in [-0.05, 0) is 29.8 Å². The number of hydrogen-bond donors (Lipinski definition) is 1. The Kier molecular flexibility index (Phi) is 5.79. The Morgan fingerprint density at radius 3 is 2.48 bits per heavy atom. The van der Waals surface area contributed by atoms with Gasteiger partial charge in [-0.2, -0.15) is 0 Å². The van der Waals surface area contributed by atoms with Crippen molar-refractivity contribution >= 4 is 23.4 Å². The third kappa shape index (κ3) is 4.47. The summed E-state index contributed by atoms with van der Waals surface area (Å²) in [6, 6.07) is 12.5. The van der Waals surface area contributed by atoms with E-state index in [0.29, 0.717) is 49.1 Å². The van der Waals surface area contributed by atoms with Gasteiger partial charge < -0.3 is 24.6 Å². The zero-order chi connectivity index (χ0) is 22.0. The molecule has 2 heterocycles. The minimum Gasteiger partial charge on any atom is -0.486 e. The second kappa shape index (κ2) is 8.67.